The topological polar surface area (TPSA) is 35.2 Å². The average molecular weight is 281 g/mol. The number of hydrogen-bond acceptors (Lipinski definition) is 2. The van der Waals surface area contributed by atoms with E-state index in [0.717, 1.165) is 17.7 Å². The molecule has 2 aromatic carbocycles. The van der Waals surface area contributed by atoms with Crippen LogP contribution in [0.2, 0.25) is 0 Å². The van der Waals surface area contributed by atoms with Gasteiger partial charge in [0.2, 0.25) is 0 Å². The first-order valence-electron chi connectivity index (χ1n) is 6.07. The minimum atomic E-state index is -4.37. The molecule has 0 spiro atoms. The number of halogens is 3. The van der Waals surface area contributed by atoms with Gasteiger partial charge in [0.15, 0.2) is 0 Å². The van der Waals surface area contributed by atoms with E-state index >= 15 is 0 Å². The largest absolute Gasteiger partial charge is 0.489 e. The van der Waals surface area contributed by atoms with Crippen molar-refractivity contribution in [1.82, 2.24) is 0 Å². The molecule has 0 bridgehead atoms. The van der Waals surface area contributed by atoms with E-state index in [-0.39, 0.29) is 6.54 Å². The zero-order chi connectivity index (χ0) is 14.6. The van der Waals surface area contributed by atoms with Crippen molar-refractivity contribution in [2.75, 3.05) is 0 Å². The van der Waals surface area contributed by atoms with Crippen LogP contribution in [0.1, 0.15) is 16.7 Å². The fraction of sp³-hybridized carbons (Fsp3) is 0.200. The molecule has 0 saturated carbocycles. The fourth-order valence-electron chi connectivity index (χ4n) is 1.79. The van der Waals surface area contributed by atoms with Crippen LogP contribution in [0.3, 0.4) is 0 Å². The van der Waals surface area contributed by atoms with E-state index in [2.05, 4.69) is 0 Å². The van der Waals surface area contributed by atoms with Gasteiger partial charge in [-0.25, -0.2) is 0 Å². The van der Waals surface area contributed by atoms with E-state index in [1.165, 1.54) is 6.07 Å². The molecule has 5 heteroatoms. The first-order chi connectivity index (χ1) is 9.50. The van der Waals surface area contributed by atoms with Crippen LogP contribution >= 0.6 is 0 Å². The Morgan fingerprint density at radius 1 is 1.00 bits per heavy atom. The van der Waals surface area contributed by atoms with Gasteiger partial charge < -0.3 is 10.5 Å². The summed E-state index contributed by atoms with van der Waals surface area (Å²) in [5.41, 5.74) is 6.05. The molecule has 2 rings (SSSR count). The van der Waals surface area contributed by atoms with Crippen molar-refractivity contribution in [3.63, 3.8) is 0 Å². The summed E-state index contributed by atoms with van der Waals surface area (Å²) in [6, 6.07) is 12.7. The number of benzene rings is 2. The Labute approximate surface area is 115 Å². The summed E-state index contributed by atoms with van der Waals surface area (Å²) in [7, 11) is 0. The summed E-state index contributed by atoms with van der Waals surface area (Å²) in [6.45, 7) is 0.285. The highest BCUT2D eigenvalue weighted by molar-refractivity contribution is 5.38. The Morgan fingerprint density at radius 3 is 2.30 bits per heavy atom. The number of hydrogen-bond donors (Lipinski definition) is 1. The average Bonchev–Trinajstić information content (AvgIpc) is 2.45. The zero-order valence-electron chi connectivity index (χ0n) is 10.7. The van der Waals surface area contributed by atoms with Crippen molar-refractivity contribution >= 4 is 0 Å². The molecule has 0 aliphatic carbocycles. The predicted octanol–water partition coefficient (Wildman–Crippen LogP) is 3.74. The normalized spacial score (nSPS) is 11.4. The summed E-state index contributed by atoms with van der Waals surface area (Å²) >= 11 is 0. The molecule has 0 saturated heterocycles. The van der Waals surface area contributed by atoms with Crippen molar-refractivity contribution in [2.24, 2.45) is 5.73 Å². The number of ether oxygens (including phenoxy) is 1. The van der Waals surface area contributed by atoms with Gasteiger partial charge in [-0.15, -0.1) is 0 Å². The molecule has 2 N–H and O–H groups in total. The molecule has 106 valence electrons. The van der Waals surface area contributed by atoms with Gasteiger partial charge in [-0.05, 0) is 23.8 Å². The lowest BCUT2D eigenvalue weighted by molar-refractivity contribution is -0.137. The predicted molar refractivity (Wildman–Crippen MR) is 70.1 cm³/mol. The Hall–Kier alpha value is -2.01. The van der Waals surface area contributed by atoms with Crippen molar-refractivity contribution in [1.29, 1.82) is 0 Å². The van der Waals surface area contributed by atoms with Gasteiger partial charge in [0.05, 0.1) is 5.56 Å². The highest BCUT2D eigenvalue weighted by Crippen LogP contribution is 2.32. The molecular formula is C15H14F3NO. The quantitative estimate of drug-likeness (QED) is 0.926. The minimum absolute atomic E-state index is 0.00591. The molecule has 0 fully saturated rings. The Morgan fingerprint density at radius 2 is 1.70 bits per heavy atom. The number of alkyl halides is 3. The molecule has 2 nitrogen and oxygen atoms in total. The van der Waals surface area contributed by atoms with Crippen molar-refractivity contribution in [3.8, 4) is 5.75 Å². The van der Waals surface area contributed by atoms with Gasteiger partial charge in [-0.2, -0.15) is 13.2 Å². The maximum absolute atomic E-state index is 12.6. The second-order valence-electron chi connectivity index (χ2n) is 4.30. The van der Waals surface area contributed by atoms with Crippen LogP contribution in [0.5, 0.6) is 5.75 Å². The molecule has 0 radical (unpaired) electrons. The Bertz CT molecular complexity index is 567. The third kappa shape index (κ3) is 3.51. The van der Waals surface area contributed by atoms with Crippen LogP contribution in [0.4, 0.5) is 13.2 Å². The van der Waals surface area contributed by atoms with E-state index in [0.29, 0.717) is 17.9 Å². The fourth-order valence-corrected chi connectivity index (χ4v) is 1.79. The SMILES string of the molecule is NCc1cc(C(F)(F)F)ccc1OCc1ccccc1. The van der Waals surface area contributed by atoms with Gasteiger partial charge >= 0.3 is 6.18 Å². The highest BCUT2D eigenvalue weighted by Gasteiger charge is 2.31. The van der Waals surface area contributed by atoms with Crippen LogP contribution in [0.25, 0.3) is 0 Å². The van der Waals surface area contributed by atoms with Crippen molar-refractivity contribution < 1.29 is 17.9 Å². The molecule has 0 aliphatic rings. The molecule has 0 aromatic heterocycles. The number of rotatable bonds is 4. The van der Waals surface area contributed by atoms with Crippen LogP contribution in [0, 0.1) is 0 Å². The third-order valence-electron chi connectivity index (χ3n) is 2.84. The summed E-state index contributed by atoms with van der Waals surface area (Å²) < 4.78 is 43.3. The van der Waals surface area contributed by atoms with Gasteiger partial charge in [-0.3, -0.25) is 0 Å². The van der Waals surface area contributed by atoms with Crippen LogP contribution in [0.15, 0.2) is 48.5 Å². The molecule has 0 heterocycles. The van der Waals surface area contributed by atoms with Crippen LogP contribution in [-0.2, 0) is 19.3 Å². The molecule has 0 aliphatic heterocycles. The molecule has 0 amide bonds. The maximum Gasteiger partial charge on any atom is 0.416 e. The Kier molecular flexibility index (Phi) is 4.29. The second-order valence-corrected chi connectivity index (χ2v) is 4.30. The van der Waals surface area contributed by atoms with E-state index in [1.54, 1.807) is 0 Å². The summed E-state index contributed by atoms with van der Waals surface area (Å²) in [6.07, 6.45) is -4.37. The maximum atomic E-state index is 12.6. The third-order valence-corrected chi connectivity index (χ3v) is 2.84. The summed E-state index contributed by atoms with van der Waals surface area (Å²) in [4.78, 5) is 0. The monoisotopic (exact) mass is 281 g/mol. The first-order valence-corrected chi connectivity index (χ1v) is 6.07. The molecule has 20 heavy (non-hydrogen) atoms. The van der Waals surface area contributed by atoms with E-state index in [9.17, 15) is 13.2 Å². The van der Waals surface area contributed by atoms with E-state index in [4.69, 9.17) is 10.5 Å². The molecular weight excluding hydrogens is 267 g/mol. The standard InChI is InChI=1S/C15H14F3NO/c16-15(17,18)13-6-7-14(12(8-13)9-19)20-10-11-4-2-1-3-5-11/h1-8H,9-10,19H2. The lowest BCUT2D eigenvalue weighted by atomic mass is 10.1. The van der Waals surface area contributed by atoms with Crippen molar-refractivity contribution in [2.45, 2.75) is 19.3 Å². The molecule has 0 atom stereocenters. The second kappa shape index (κ2) is 5.96. The Balaban J connectivity index is 2.16. The van der Waals surface area contributed by atoms with Crippen molar-refractivity contribution in [3.05, 3.63) is 65.2 Å². The minimum Gasteiger partial charge on any atom is -0.489 e. The first kappa shape index (κ1) is 14.4. The van der Waals surface area contributed by atoms with E-state index < -0.39 is 11.7 Å². The van der Waals surface area contributed by atoms with E-state index in [1.807, 2.05) is 30.3 Å². The zero-order valence-corrected chi connectivity index (χ0v) is 10.7. The molecule has 0 unspecified atom stereocenters. The smallest absolute Gasteiger partial charge is 0.416 e. The lowest BCUT2D eigenvalue weighted by Gasteiger charge is -2.13. The lowest BCUT2D eigenvalue weighted by Crippen LogP contribution is -2.09. The van der Waals surface area contributed by atoms with Crippen LogP contribution < -0.4 is 10.5 Å². The van der Waals surface area contributed by atoms with Crippen LogP contribution in [-0.4, -0.2) is 0 Å². The van der Waals surface area contributed by atoms with Gasteiger partial charge in [0.25, 0.3) is 0 Å². The van der Waals surface area contributed by atoms with Gasteiger partial charge in [0, 0.05) is 12.1 Å². The van der Waals surface area contributed by atoms with Gasteiger partial charge in [0.1, 0.15) is 12.4 Å². The molecule has 2 aromatic rings. The summed E-state index contributed by atoms with van der Waals surface area (Å²) in [5, 5.41) is 0. The summed E-state index contributed by atoms with van der Waals surface area (Å²) in [5.74, 6) is 0.379. The number of nitrogens with two attached hydrogens (primary N) is 1. The highest BCUT2D eigenvalue weighted by atomic mass is 19.4. The van der Waals surface area contributed by atoms with Gasteiger partial charge in [-0.1, -0.05) is 30.3 Å².